The average Bonchev–Trinajstić information content (AvgIpc) is 2.81. The van der Waals surface area contributed by atoms with E-state index in [4.69, 9.17) is 4.74 Å². The average molecular weight is 303 g/mol. The van der Waals surface area contributed by atoms with Crippen molar-refractivity contribution in [3.63, 3.8) is 0 Å². The molecule has 0 aromatic carbocycles. The highest BCUT2D eigenvalue weighted by atomic mass is 32.1. The monoisotopic (exact) mass is 303 g/mol. The Bertz CT molecular complexity index is 588. The Kier molecular flexibility index (Phi) is 4.43. The predicted molar refractivity (Wildman–Crippen MR) is 90.3 cm³/mol. The Balaban J connectivity index is 2.27. The van der Waals surface area contributed by atoms with Crippen molar-refractivity contribution >= 4 is 11.3 Å². The van der Waals surface area contributed by atoms with Crippen molar-refractivity contribution in [1.82, 2.24) is 4.98 Å². The molecule has 2 nitrogen and oxygen atoms in total. The molecule has 0 aliphatic carbocycles. The van der Waals surface area contributed by atoms with E-state index in [-0.39, 0.29) is 10.8 Å². The summed E-state index contributed by atoms with van der Waals surface area (Å²) in [6.45, 7) is 14.2. The van der Waals surface area contributed by atoms with Crippen molar-refractivity contribution in [1.29, 1.82) is 0 Å². The zero-order valence-electron chi connectivity index (χ0n) is 13.9. The van der Waals surface area contributed by atoms with Crippen LogP contribution in [0.15, 0.2) is 30.6 Å². The third kappa shape index (κ3) is 4.07. The van der Waals surface area contributed by atoms with Gasteiger partial charge in [-0.05, 0) is 29.0 Å². The fraction of sp³-hybridized carbons (Fsp3) is 0.500. The van der Waals surface area contributed by atoms with E-state index >= 15 is 0 Å². The van der Waals surface area contributed by atoms with Gasteiger partial charge in [0.25, 0.3) is 0 Å². The molecule has 0 aliphatic heterocycles. The Morgan fingerprint density at radius 2 is 1.62 bits per heavy atom. The fourth-order valence-corrected chi connectivity index (χ4v) is 3.42. The van der Waals surface area contributed by atoms with Gasteiger partial charge in [0.1, 0.15) is 12.4 Å². The first-order chi connectivity index (χ1) is 9.68. The van der Waals surface area contributed by atoms with Crippen molar-refractivity contribution in [2.75, 3.05) is 0 Å². The maximum atomic E-state index is 5.92. The van der Waals surface area contributed by atoms with Crippen LogP contribution >= 0.6 is 11.3 Å². The van der Waals surface area contributed by atoms with Gasteiger partial charge in [0.05, 0.1) is 0 Å². The molecule has 0 unspecified atom stereocenters. The van der Waals surface area contributed by atoms with E-state index in [9.17, 15) is 0 Å². The van der Waals surface area contributed by atoms with Crippen molar-refractivity contribution in [2.24, 2.45) is 0 Å². The largest absolute Gasteiger partial charge is 0.489 e. The standard InChI is InChI=1S/C18H25NOS/c1-17(2,3)15-11-13(16(21-15)18(4,5)6)12-20-14-7-9-19-10-8-14/h7-11H,12H2,1-6H3. The van der Waals surface area contributed by atoms with Crippen LogP contribution in [0.25, 0.3) is 0 Å². The smallest absolute Gasteiger partial charge is 0.122 e. The van der Waals surface area contributed by atoms with E-state index < -0.39 is 0 Å². The molecule has 114 valence electrons. The molecule has 0 saturated carbocycles. The van der Waals surface area contributed by atoms with Gasteiger partial charge in [-0.2, -0.15) is 0 Å². The summed E-state index contributed by atoms with van der Waals surface area (Å²) in [4.78, 5) is 6.85. The van der Waals surface area contributed by atoms with Crippen molar-refractivity contribution < 1.29 is 4.74 Å². The highest BCUT2D eigenvalue weighted by molar-refractivity contribution is 7.12. The van der Waals surface area contributed by atoms with E-state index in [2.05, 4.69) is 52.6 Å². The normalized spacial score (nSPS) is 12.5. The Morgan fingerprint density at radius 1 is 1.00 bits per heavy atom. The van der Waals surface area contributed by atoms with E-state index in [1.165, 1.54) is 15.3 Å². The van der Waals surface area contributed by atoms with Gasteiger partial charge in [-0.25, -0.2) is 0 Å². The van der Waals surface area contributed by atoms with Gasteiger partial charge in [0.15, 0.2) is 0 Å². The second-order valence-corrected chi connectivity index (χ2v) is 8.49. The van der Waals surface area contributed by atoms with Crippen LogP contribution in [0.2, 0.25) is 0 Å². The van der Waals surface area contributed by atoms with Crippen LogP contribution in [0.3, 0.4) is 0 Å². The number of pyridine rings is 1. The molecule has 2 aromatic rings. The summed E-state index contributed by atoms with van der Waals surface area (Å²) in [6.07, 6.45) is 3.52. The van der Waals surface area contributed by atoms with Gasteiger partial charge in [-0.15, -0.1) is 11.3 Å². The van der Waals surface area contributed by atoms with E-state index in [1.54, 1.807) is 12.4 Å². The Morgan fingerprint density at radius 3 is 2.14 bits per heavy atom. The number of ether oxygens (including phenoxy) is 1. The van der Waals surface area contributed by atoms with Crippen LogP contribution in [-0.4, -0.2) is 4.98 Å². The van der Waals surface area contributed by atoms with Gasteiger partial charge in [0.2, 0.25) is 0 Å². The van der Waals surface area contributed by atoms with E-state index in [0.717, 1.165) is 5.75 Å². The molecular weight excluding hydrogens is 278 g/mol. The first-order valence-corrected chi connectivity index (χ1v) is 8.16. The zero-order chi connectivity index (χ0) is 15.7. The topological polar surface area (TPSA) is 22.1 Å². The Labute approximate surface area is 132 Å². The van der Waals surface area contributed by atoms with Crippen LogP contribution in [0.1, 0.15) is 56.9 Å². The van der Waals surface area contributed by atoms with Gasteiger partial charge >= 0.3 is 0 Å². The van der Waals surface area contributed by atoms with Crippen LogP contribution in [0.5, 0.6) is 5.75 Å². The third-order valence-electron chi connectivity index (χ3n) is 3.27. The number of nitrogens with zero attached hydrogens (tertiary/aromatic N) is 1. The number of thiophene rings is 1. The molecule has 21 heavy (non-hydrogen) atoms. The molecule has 0 saturated heterocycles. The molecule has 0 bridgehead atoms. The highest BCUT2D eigenvalue weighted by Gasteiger charge is 2.25. The minimum atomic E-state index is 0.144. The summed E-state index contributed by atoms with van der Waals surface area (Å²) in [5.41, 5.74) is 1.62. The van der Waals surface area contributed by atoms with Crippen LogP contribution < -0.4 is 4.74 Å². The predicted octanol–water partition coefficient (Wildman–Crippen LogP) is 5.32. The maximum absolute atomic E-state index is 5.92. The lowest BCUT2D eigenvalue weighted by molar-refractivity contribution is 0.303. The third-order valence-corrected chi connectivity index (χ3v) is 5.30. The summed E-state index contributed by atoms with van der Waals surface area (Å²) in [5, 5.41) is 0. The molecule has 2 aromatic heterocycles. The number of hydrogen-bond donors (Lipinski definition) is 0. The van der Waals surface area contributed by atoms with Gasteiger partial charge in [0, 0.05) is 27.7 Å². The SMILES string of the molecule is CC(C)(C)c1cc(COc2ccncc2)c(C(C)(C)C)s1. The summed E-state index contributed by atoms with van der Waals surface area (Å²) in [6, 6.07) is 6.11. The molecule has 2 rings (SSSR count). The first-order valence-electron chi connectivity index (χ1n) is 7.34. The lowest BCUT2D eigenvalue weighted by Gasteiger charge is -2.19. The van der Waals surface area contributed by atoms with E-state index in [0.29, 0.717) is 6.61 Å². The summed E-state index contributed by atoms with van der Waals surface area (Å²) in [5.74, 6) is 0.869. The van der Waals surface area contributed by atoms with Crippen molar-refractivity contribution in [2.45, 2.75) is 59.0 Å². The molecule has 0 fully saturated rings. The highest BCUT2D eigenvalue weighted by Crippen LogP contribution is 2.39. The van der Waals surface area contributed by atoms with Gasteiger partial charge in [-0.1, -0.05) is 41.5 Å². The van der Waals surface area contributed by atoms with Crippen molar-refractivity contribution in [3.05, 3.63) is 45.9 Å². The molecule has 0 amide bonds. The zero-order valence-corrected chi connectivity index (χ0v) is 14.7. The second kappa shape index (κ2) is 5.80. The molecule has 0 aliphatic rings. The molecule has 0 N–H and O–H groups in total. The molecule has 0 radical (unpaired) electrons. The van der Waals surface area contributed by atoms with Crippen LogP contribution in [0.4, 0.5) is 0 Å². The first kappa shape index (κ1) is 16.0. The summed E-state index contributed by atoms with van der Waals surface area (Å²) >= 11 is 1.92. The molecule has 0 spiro atoms. The van der Waals surface area contributed by atoms with Gasteiger partial charge < -0.3 is 4.74 Å². The number of hydrogen-bond acceptors (Lipinski definition) is 3. The summed E-state index contributed by atoms with van der Waals surface area (Å²) in [7, 11) is 0. The Hall–Kier alpha value is -1.35. The molecule has 3 heteroatoms. The second-order valence-electron chi connectivity index (χ2n) is 7.44. The minimum absolute atomic E-state index is 0.144. The van der Waals surface area contributed by atoms with Gasteiger partial charge in [-0.3, -0.25) is 4.98 Å². The van der Waals surface area contributed by atoms with Crippen molar-refractivity contribution in [3.8, 4) is 5.75 Å². The molecule has 0 atom stereocenters. The lowest BCUT2D eigenvalue weighted by atomic mass is 9.90. The minimum Gasteiger partial charge on any atom is -0.489 e. The summed E-state index contributed by atoms with van der Waals surface area (Å²) < 4.78 is 5.92. The fourth-order valence-electron chi connectivity index (χ4n) is 2.14. The van der Waals surface area contributed by atoms with Crippen LogP contribution in [0, 0.1) is 0 Å². The lowest BCUT2D eigenvalue weighted by Crippen LogP contribution is -2.12. The molecule has 2 heterocycles. The van der Waals surface area contributed by atoms with E-state index in [1.807, 2.05) is 23.5 Å². The van der Waals surface area contributed by atoms with Crippen LogP contribution in [-0.2, 0) is 17.4 Å². The number of rotatable bonds is 3. The number of aromatic nitrogens is 1. The maximum Gasteiger partial charge on any atom is 0.122 e. The molecular formula is C18H25NOS. The quantitative estimate of drug-likeness (QED) is 0.766.